The van der Waals surface area contributed by atoms with E-state index in [2.05, 4.69) is 5.32 Å². The highest BCUT2D eigenvalue weighted by atomic mass is 19.1. The van der Waals surface area contributed by atoms with Crippen LogP contribution in [0, 0.1) is 17.5 Å². The Balaban J connectivity index is 2.37. The highest BCUT2D eigenvalue weighted by Crippen LogP contribution is 2.27. The second kappa shape index (κ2) is 8.66. The fourth-order valence-electron chi connectivity index (χ4n) is 2.66. The number of carbonyl (C=O) groups is 3. The molecule has 2 aromatic rings. The van der Waals surface area contributed by atoms with Crippen LogP contribution in [-0.2, 0) is 9.59 Å². The maximum Gasteiger partial charge on any atom is 0.254 e. The van der Waals surface area contributed by atoms with Crippen LogP contribution in [0.4, 0.5) is 13.2 Å². The van der Waals surface area contributed by atoms with Gasteiger partial charge in [0.05, 0.1) is 0 Å². The summed E-state index contributed by atoms with van der Waals surface area (Å²) in [5.74, 6) is -5.33. The third kappa shape index (κ3) is 4.20. The van der Waals surface area contributed by atoms with Crippen molar-refractivity contribution in [1.82, 2.24) is 10.2 Å². The van der Waals surface area contributed by atoms with Gasteiger partial charge in [-0.2, -0.15) is 0 Å². The monoisotopic (exact) mass is 394 g/mol. The Hall–Kier alpha value is -3.20. The molecule has 9 heteroatoms. The average Bonchev–Trinajstić information content (AvgIpc) is 2.67. The minimum atomic E-state index is -1.60. The molecule has 1 unspecified atom stereocenters. The number of halogens is 3. The van der Waals surface area contributed by atoms with Gasteiger partial charge in [0.2, 0.25) is 5.91 Å². The van der Waals surface area contributed by atoms with Crippen LogP contribution in [0.5, 0.6) is 0 Å². The molecule has 0 aromatic heterocycles. The summed E-state index contributed by atoms with van der Waals surface area (Å²) in [5.41, 5.74) is -0.582. The van der Waals surface area contributed by atoms with Gasteiger partial charge in [-0.15, -0.1) is 0 Å². The Kier molecular flexibility index (Phi) is 6.53. The number of ketones is 1. The summed E-state index contributed by atoms with van der Waals surface area (Å²) in [6, 6.07) is 4.19. The van der Waals surface area contributed by atoms with Crippen LogP contribution in [0.2, 0.25) is 0 Å². The standard InChI is InChI=1S/C19H17F3N2O4/c1-23-18(27)17(16(26)9-25)24(2)19(28)10-3-5-12(14(21)7-10)13-6-4-11(20)8-15(13)22/h3-8,17,25H,9H2,1-2H3,(H,23,27). The van der Waals surface area contributed by atoms with Crippen LogP contribution in [0.3, 0.4) is 0 Å². The predicted octanol–water partition coefficient (Wildman–Crippen LogP) is 1.52. The van der Waals surface area contributed by atoms with Gasteiger partial charge in [0, 0.05) is 36.9 Å². The zero-order valence-corrected chi connectivity index (χ0v) is 15.0. The van der Waals surface area contributed by atoms with Gasteiger partial charge < -0.3 is 15.3 Å². The van der Waals surface area contributed by atoms with E-state index in [0.29, 0.717) is 6.07 Å². The number of rotatable bonds is 6. The minimum Gasteiger partial charge on any atom is -0.388 e. The second-order valence-electron chi connectivity index (χ2n) is 5.88. The summed E-state index contributed by atoms with van der Waals surface area (Å²) >= 11 is 0. The first-order chi connectivity index (χ1) is 13.2. The van der Waals surface area contributed by atoms with Crippen molar-refractivity contribution in [1.29, 1.82) is 0 Å². The lowest BCUT2D eigenvalue weighted by Gasteiger charge is -2.25. The number of Topliss-reactive ketones (excluding diaryl/α,β-unsaturated/α-hetero) is 1. The number of carbonyl (C=O) groups excluding carboxylic acids is 3. The number of amides is 2. The molecule has 1 atom stereocenters. The summed E-state index contributed by atoms with van der Waals surface area (Å²) in [7, 11) is 2.41. The van der Waals surface area contributed by atoms with Gasteiger partial charge in [-0.1, -0.05) is 6.07 Å². The van der Waals surface area contributed by atoms with Crippen molar-refractivity contribution in [2.45, 2.75) is 6.04 Å². The molecule has 0 aliphatic rings. The molecular weight excluding hydrogens is 377 g/mol. The molecule has 0 heterocycles. The van der Waals surface area contributed by atoms with E-state index in [1.807, 2.05) is 0 Å². The molecule has 0 aliphatic carbocycles. The lowest BCUT2D eigenvalue weighted by atomic mass is 10.0. The number of hydrogen-bond donors (Lipinski definition) is 2. The second-order valence-corrected chi connectivity index (χ2v) is 5.88. The van der Waals surface area contributed by atoms with Crippen LogP contribution in [0.25, 0.3) is 11.1 Å². The Morgan fingerprint density at radius 3 is 2.11 bits per heavy atom. The molecule has 0 aliphatic heterocycles. The van der Waals surface area contributed by atoms with E-state index >= 15 is 0 Å². The lowest BCUT2D eigenvalue weighted by Crippen LogP contribution is -2.52. The normalized spacial score (nSPS) is 11.6. The molecule has 0 saturated carbocycles. The molecule has 0 fully saturated rings. The van der Waals surface area contributed by atoms with Crippen molar-refractivity contribution >= 4 is 17.6 Å². The third-order valence-electron chi connectivity index (χ3n) is 4.10. The number of nitrogens with one attached hydrogen (secondary N) is 1. The van der Waals surface area contributed by atoms with Crippen molar-refractivity contribution in [3.63, 3.8) is 0 Å². The summed E-state index contributed by atoms with van der Waals surface area (Å²) in [5, 5.41) is 11.2. The topological polar surface area (TPSA) is 86.7 Å². The van der Waals surface area contributed by atoms with E-state index < -0.39 is 47.7 Å². The van der Waals surface area contributed by atoms with Crippen LogP contribution >= 0.6 is 0 Å². The van der Waals surface area contributed by atoms with Gasteiger partial charge in [0.1, 0.15) is 24.1 Å². The molecule has 2 aromatic carbocycles. The molecule has 6 nitrogen and oxygen atoms in total. The zero-order valence-electron chi connectivity index (χ0n) is 15.0. The summed E-state index contributed by atoms with van der Waals surface area (Å²) in [4.78, 5) is 37.0. The summed E-state index contributed by atoms with van der Waals surface area (Å²) in [6.07, 6.45) is 0. The van der Waals surface area contributed by atoms with Gasteiger partial charge >= 0.3 is 0 Å². The predicted molar refractivity (Wildman–Crippen MR) is 93.8 cm³/mol. The Bertz CT molecular complexity index is 917. The van der Waals surface area contributed by atoms with Crippen LogP contribution in [0.1, 0.15) is 10.4 Å². The molecule has 0 saturated heterocycles. The quantitative estimate of drug-likeness (QED) is 0.728. The van der Waals surface area contributed by atoms with Crippen molar-refractivity contribution in [3.05, 3.63) is 59.4 Å². The number of aliphatic hydroxyl groups excluding tert-OH is 1. The van der Waals surface area contributed by atoms with E-state index in [4.69, 9.17) is 5.11 Å². The van der Waals surface area contributed by atoms with Crippen molar-refractivity contribution < 1.29 is 32.7 Å². The molecule has 0 bridgehead atoms. The third-order valence-corrected chi connectivity index (χ3v) is 4.10. The fraction of sp³-hybridized carbons (Fsp3) is 0.211. The van der Waals surface area contributed by atoms with E-state index in [1.54, 1.807) is 0 Å². The van der Waals surface area contributed by atoms with Gasteiger partial charge in [0.25, 0.3) is 5.91 Å². The Morgan fingerprint density at radius 1 is 1.04 bits per heavy atom. The maximum atomic E-state index is 14.5. The maximum absolute atomic E-state index is 14.5. The van der Waals surface area contributed by atoms with E-state index in [9.17, 15) is 27.6 Å². The van der Waals surface area contributed by atoms with E-state index in [0.717, 1.165) is 36.2 Å². The number of hydrogen-bond acceptors (Lipinski definition) is 4. The number of nitrogens with zero attached hydrogens (tertiary/aromatic N) is 1. The molecular formula is C19H17F3N2O4. The van der Waals surface area contributed by atoms with Crippen LogP contribution in [0.15, 0.2) is 36.4 Å². The zero-order chi connectivity index (χ0) is 21.0. The highest BCUT2D eigenvalue weighted by Gasteiger charge is 2.33. The van der Waals surface area contributed by atoms with Gasteiger partial charge in [-0.3, -0.25) is 14.4 Å². The largest absolute Gasteiger partial charge is 0.388 e. The molecule has 2 rings (SSSR count). The first-order valence-electron chi connectivity index (χ1n) is 8.08. The van der Waals surface area contributed by atoms with E-state index in [-0.39, 0.29) is 16.7 Å². The van der Waals surface area contributed by atoms with Crippen LogP contribution < -0.4 is 5.32 Å². The minimum absolute atomic E-state index is 0.189. The molecule has 0 radical (unpaired) electrons. The Labute approximate surface area is 158 Å². The van der Waals surface area contributed by atoms with Crippen molar-refractivity contribution in [2.75, 3.05) is 20.7 Å². The average molecular weight is 394 g/mol. The first-order valence-corrected chi connectivity index (χ1v) is 8.08. The van der Waals surface area contributed by atoms with E-state index in [1.165, 1.54) is 13.1 Å². The molecule has 28 heavy (non-hydrogen) atoms. The van der Waals surface area contributed by atoms with Crippen molar-refractivity contribution in [3.8, 4) is 11.1 Å². The number of aliphatic hydroxyl groups is 1. The van der Waals surface area contributed by atoms with Crippen LogP contribution in [-0.4, -0.2) is 54.3 Å². The molecule has 2 N–H and O–H groups in total. The SMILES string of the molecule is CNC(=O)C(C(=O)CO)N(C)C(=O)c1ccc(-c2ccc(F)cc2F)c(F)c1. The molecule has 0 spiro atoms. The smallest absolute Gasteiger partial charge is 0.254 e. The lowest BCUT2D eigenvalue weighted by molar-refractivity contribution is -0.135. The number of benzene rings is 2. The van der Waals surface area contributed by atoms with Gasteiger partial charge in [-0.25, -0.2) is 13.2 Å². The highest BCUT2D eigenvalue weighted by molar-refractivity contribution is 6.10. The summed E-state index contributed by atoms with van der Waals surface area (Å²) in [6.45, 7) is -0.965. The first kappa shape index (κ1) is 21.1. The Morgan fingerprint density at radius 2 is 1.61 bits per heavy atom. The van der Waals surface area contributed by atoms with Gasteiger partial charge in [0.15, 0.2) is 11.8 Å². The molecule has 148 valence electrons. The number of likely N-dealkylation sites (N-methyl/N-ethyl adjacent to an activating group) is 2. The molecule has 2 amide bonds. The van der Waals surface area contributed by atoms with Crippen molar-refractivity contribution in [2.24, 2.45) is 0 Å². The van der Waals surface area contributed by atoms with Gasteiger partial charge in [-0.05, 0) is 24.3 Å². The fourth-order valence-corrected chi connectivity index (χ4v) is 2.66. The summed E-state index contributed by atoms with van der Waals surface area (Å²) < 4.78 is 41.4.